The fourth-order valence-electron chi connectivity index (χ4n) is 8.30. The average Bonchev–Trinajstić information content (AvgIpc) is 3.97. The van der Waals surface area contributed by atoms with Crippen molar-refractivity contribution in [3.63, 3.8) is 0 Å². The Bertz CT molecular complexity index is 2360. The zero-order chi connectivity index (χ0) is 51.9. The molecule has 3 aliphatic heterocycles. The third-order valence-electron chi connectivity index (χ3n) is 12.8. The molecule has 10 amide bonds. The van der Waals surface area contributed by atoms with E-state index in [2.05, 4.69) is 52.8 Å². The summed E-state index contributed by atoms with van der Waals surface area (Å²) < 4.78 is 4.87. The van der Waals surface area contributed by atoms with E-state index in [1.54, 1.807) is 45.9 Å². The molecule has 4 heterocycles. The minimum Gasteiger partial charge on any atom is -0.469 e. The first-order valence-corrected chi connectivity index (χ1v) is 24.7. The highest BCUT2D eigenvalue weighted by atomic mass is 32.2. The standard InChI is InChI=1S/C46H65N11O13S/c1-6-23(3)38-43(67)49-20-35(61)51-31-22-71-45-27(26-17-25(10-11-28(26)54-45)50-34(60)12-14-47-33(59)13-16-58)18-29(40(64)48-21-36(62)55-38)52-44(68)39(24(4)7-2)56-42(66)32-9-8-15-57(32)46(69)30(53-41(31)65)19-37(63)70-5/h10-11,17,23-24,29-32,38-39,54,58H,6-9,12-16,18-22H2,1-5H3,(H,47,59)(H,48,64)(H,49,67)(H,50,60)(H,51,61)(H,52,68)(H,53,65)(H,55,62)(H,56,66)/t23-,24?,29-,30-,31-,32-,38-,39-/m0/s1. The number of aromatic amines is 1. The molecule has 1 aromatic heterocycles. The highest BCUT2D eigenvalue weighted by Gasteiger charge is 2.42. The number of H-pyrrole nitrogens is 1. The molecule has 2 aromatic rings. The number of amides is 10. The van der Waals surface area contributed by atoms with Gasteiger partial charge in [0.15, 0.2) is 0 Å². The van der Waals surface area contributed by atoms with Gasteiger partial charge >= 0.3 is 5.97 Å². The molecule has 0 saturated carbocycles. The summed E-state index contributed by atoms with van der Waals surface area (Å²) in [6.45, 7) is 5.41. The maximum Gasteiger partial charge on any atom is 0.308 e. The molecule has 2 bridgehead atoms. The van der Waals surface area contributed by atoms with Gasteiger partial charge in [-0.15, -0.1) is 11.8 Å². The van der Waals surface area contributed by atoms with Crippen molar-refractivity contribution in [3.05, 3.63) is 23.8 Å². The van der Waals surface area contributed by atoms with Gasteiger partial charge in [-0.05, 0) is 48.4 Å². The minimum absolute atomic E-state index is 0.0117. The number of esters is 1. The van der Waals surface area contributed by atoms with Crippen LogP contribution in [0.3, 0.4) is 0 Å². The Morgan fingerprint density at radius 1 is 0.803 bits per heavy atom. The number of nitrogens with zero attached hydrogens (tertiary/aromatic N) is 1. The maximum absolute atomic E-state index is 14.6. The lowest BCUT2D eigenvalue weighted by molar-refractivity contribution is -0.148. The van der Waals surface area contributed by atoms with Crippen LogP contribution < -0.4 is 47.9 Å². The third kappa shape index (κ3) is 14.9. The Morgan fingerprint density at radius 2 is 1.48 bits per heavy atom. The summed E-state index contributed by atoms with van der Waals surface area (Å²) in [5.41, 5.74) is 1.15. The molecule has 0 radical (unpaired) electrons. The van der Waals surface area contributed by atoms with Crippen LogP contribution in [0.25, 0.3) is 10.9 Å². The van der Waals surface area contributed by atoms with Crippen molar-refractivity contribution in [2.75, 3.05) is 51.0 Å². The van der Waals surface area contributed by atoms with Crippen LogP contribution in [0, 0.1) is 11.8 Å². The van der Waals surface area contributed by atoms with Crippen molar-refractivity contribution in [2.24, 2.45) is 11.8 Å². The number of methoxy groups -OCH3 is 1. The zero-order valence-electron chi connectivity index (χ0n) is 40.5. The lowest BCUT2D eigenvalue weighted by Gasteiger charge is -2.32. The van der Waals surface area contributed by atoms with Crippen LogP contribution in [0.5, 0.6) is 0 Å². The highest BCUT2D eigenvalue weighted by Crippen LogP contribution is 2.34. The average molecular weight is 1010 g/mol. The van der Waals surface area contributed by atoms with Gasteiger partial charge in [0.25, 0.3) is 0 Å². The normalized spacial score (nSPS) is 24.1. The number of hydrogen-bond acceptors (Lipinski definition) is 14. The van der Waals surface area contributed by atoms with Crippen molar-refractivity contribution in [1.82, 2.24) is 52.4 Å². The van der Waals surface area contributed by atoms with E-state index in [-0.39, 0.29) is 51.1 Å². The summed E-state index contributed by atoms with van der Waals surface area (Å²) in [6, 6.07) is -3.26. The number of rotatable bonds is 12. The molecule has 1 fully saturated rings. The first-order chi connectivity index (χ1) is 33.9. The van der Waals surface area contributed by atoms with Gasteiger partial charge in [-0.2, -0.15) is 0 Å². The second-order valence-corrected chi connectivity index (χ2v) is 18.8. The number of thioether (sulfide) groups is 1. The Morgan fingerprint density at radius 3 is 2.15 bits per heavy atom. The van der Waals surface area contributed by atoms with E-state index in [0.717, 1.165) is 18.9 Å². The number of aromatic nitrogens is 1. The van der Waals surface area contributed by atoms with E-state index in [0.29, 0.717) is 46.4 Å². The predicted octanol–water partition coefficient (Wildman–Crippen LogP) is -2.04. The van der Waals surface area contributed by atoms with Crippen LogP contribution in [0.2, 0.25) is 0 Å². The molecular formula is C46H65N11O13S. The van der Waals surface area contributed by atoms with Gasteiger partial charge in [0.2, 0.25) is 59.1 Å². The molecule has 8 atom stereocenters. The first-order valence-electron chi connectivity index (χ1n) is 23.7. The summed E-state index contributed by atoms with van der Waals surface area (Å²) in [7, 11) is 1.10. The van der Waals surface area contributed by atoms with Crippen LogP contribution in [-0.2, 0) is 63.9 Å². The number of carbonyl (C=O) groups is 11. The number of hydrogen-bond donors (Lipinski definition) is 11. The molecule has 1 aromatic carbocycles. The number of benzene rings is 1. The fourth-order valence-corrected chi connectivity index (χ4v) is 9.41. The summed E-state index contributed by atoms with van der Waals surface area (Å²) in [6.07, 6.45) is 0.150. The van der Waals surface area contributed by atoms with Gasteiger partial charge in [-0.25, -0.2) is 0 Å². The summed E-state index contributed by atoms with van der Waals surface area (Å²) in [5.74, 6) is -9.36. The lowest BCUT2D eigenvalue weighted by Crippen LogP contribution is -2.61. The molecule has 5 rings (SSSR count). The third-order valence-corrected chi connectivity index (χ3v) is 13.9. The molecule has 388 valence electrons. The molecular weight excluding hydrogens is 947 g/mol. The largest absolute Gasteiger partial charge is 0.469 e. The van der Waals surface area contributed by atoms with Gasteiger partial charge in [0.1, 0.15) is 36.3 Å². The summed E-state index contributed by atoms with van der Waals surface area (Å²) >= 11 is 1.01. The molecule has 71 heavy (non-hydrogen) atoms. The van der Waals surface area contributed by atoms with E-state index in [9.17, 15) is 52.7 Å². The number of fused-ring (bicyclic) bond motifs is 5. The Balaban J connectivity index is 1.67. The van der Waals surface area contributed by atoms with E-state index in [1.165, 1.54) is 4.90 Å². The van der Waals surface area contributed by atoms with Gasteiger partial charge in [-0.3, -0.25) is 52.7 Å². The fraction of sp³-hybridized carbons (Fsp3) is 0.587. The Hall–Kier alpha value is -6.76. The van der Waals surface area contributed by atoms with Gasteiger partial charge in [0, 0.05) is 54.7 Å². The maximum atomic E-state index is 14.6. The summed E-state index contributed by atoms with van der Waals surface area (Å²) in [5, 5.41) is 33.6. The highest BCUT2D eigenvalue weighted by molar-refractivity contribution is 7.99. The Kier molecular flexibility index (Phi) is 20.1. The molecule has 0 aliphatic carbocycles. The smallest absolute Gasteiger partial charge is 0.308 e. The predicted molar refractivity (Wildman–Crippen MR) is 257 cm³/mol. The van der Waals surface area contributed by atoms with E-state index in [4.69, 9.17) is 9.84 Å². The number of nitrogens with one attached hydrogen (secondary N) is 10. The van der Waals surface area contributed by atoms with Crippen LogP contribution in [0.15, 0.2) is 23.2 Å². The van der Waals surface area contributed by atoms with Gasteiger partial charge in [-0.1, -0.05) is 40.5 Å². The number of aliphatic hydroxyl groups excluding tert-OH is 1. The summed E-state index contributed by atoms with van der Waals surface area (Å²) in [4.78, 5) is 155. The van der Waals surface area contributed by atoms with Crippen molar-refractivity contribution in [3.8, 4) is 0 Å². The molecule has 24 nitrogen and oxygen atoms in total. The van der Waals surface area contributed by atoms with Crippen LogP contribution >= 0.6 is 11.8 Å². The van der Waals surface area contributed by atoms with Gasteiger partial charge < -0.3 is 67.6 Å². The minimum atomic E-state index is -1.58. The first kappa shape index (κ1) is 55.2. The molecule has 0 spiro atoms. The molecule has 1 unspecified atom stereocenters. The van der Waals surface area contributed by atoms with Crippen molar-refractivity contribution < 1.29 is 62.6 Å². The lowest BCUT2D eigenvalue weighted by atomic mass is 9.96. The van der Waals surface area contributed by atoms with Gasteiger partial charge in [0.05, 0.1) is 38.3 Å². The number of carbonyl (C=O) groups excluding carboxylic acids is 11. The second-order valence-electron chi connectivity index (χ2n) is 17.8. The van der Waals surface area contributed by atoms with E-state index in [1.807, 2.05) is 0 Å². The quantitative estimate of drug-likeness (QED) is 0.102. The molecule has 1 saturated heterocycles. The SMILES string of the molecule is CCC(C)[C@@H]1NC(=O)[C@@H]2CCCN2C(=O)[C@H](CC(=O)OC)NC(=O)[C@@H]2CSc3[nH]c4ccc(NC(=O)CCNC(=O)CCO)cc4c3C[C@H](NC1=O)C(=O)NCC(=O)N[C@@H]([C@@H](C)CC)C(=O)NCC(=O)N2. The zero-order valence-corrected chi connectivity index (χ0v) is 41.3. The topological polar surface area (TPSA) is 345 Å². The van der Waals surface area contributed by atoms with Crippen LogP contribution in [0.4, 0.5) is 5.69 Å². The molecule has 3 aliphatic rings. The second kappa shape index (κ2) is 25.9. The van der Waals surface area contributed by atoms with Crippen molar-refractivity contribution >= 4 is 93.4 Å². The van der Waals surface area contributed by atoms with E-state index >= 15 is 0 Å². The Labute approximate surface area is 414 Å². The van der Waals surface area contributed by atoms with Crippen LogP contribution in [0.1, 0.15) is 78.2 Å². The number of aliphatic hydroxyl groups is 1. The molecule has 25 heteroatoms. The van der Waals surface area contributed by atoms with Crippen molar-refractivity contribution in [2.45, 2.75) is 120 Å². The number of ether oxygens (including phenoxy) is 1. The molecule has 11 N–H and O–H groups in total. The number of anilines is 1. The van der Waals surface area contributed by atoms with Crippen molar-refractivity contribution in [1.29, 1.82) is 0 Å². The van der Waals surface area contributed by atoms with Crippen LogP contribution in [-0.4, -0.2) is 162 Å². The van der Waals surface area contributed by atoms with E-state index < -0.39 is 133 Å². The monoisotopic (exact) mass is 1010 g/mol.